The molecule has 5 nitrogen and oxygen atoms in total. The van der Waals surface area contributed by atoms with Gasteiger partial charge in [0.2, 0.25) is 0 Å². The molecule has 0 spiro atoms. The molecule has 4 rings (SSSR count). The third-order valence-electron chi connectivity index (χ3n) is 5.44. The molecule has 1 fully saturated rings. The number of likely N-dealkylation sites (tertiary alicyclic amines) is 1. The maximum Gasteiger partial charge on any atom is 0.257 e. The van der Waals surface area contributed by atoms with Gasteiger partial charge in [0.1, 0.15) is 5.75 Å². The van der Waals surface area contributed by atoms with Crippen LogP contribution in [0.5, 0.6) is 5.75 Å². The van der Waals surface area contributed by atoms with Crippen LogP contribution in [0.25, 0.3) is 5.69 Å². The Morgan fingerprint density at radius 3 is 2.43 bits per heavy atom. The maximum absolute atomic E-state index is 13.2. The SMILES string of the molecule is COc1cc(-n2cccc2)c(Cl)cc1C(=O)N1CCC(OCc2ccccc2)CC1. The van der Waals surface area contributed by atoms with Crippen molar-refractivity contribution in [3.05, 3.63) is 83.1 Å². The smallest absolute Gasteiger partial charge is 0.257 e. The predicted octanol–water partition coefficient (Wildman–Crippen LogP) is 4.96. The molecule has 30 heavy (non-hydrogen) atoms. The molecule has 2 aromatic carbocycles. The van der Waals surface area contributed by atoms with Gasteiger partial charge in [0, 0.05) is 31.5 Å². The first-order valence-electron chi connectivity index (χ1n) is 10.1. The Bertz CT molecular complexity index is 981. The summed E-state index contributed by atoms with van der Waals surface area (Å²) in [5.41, 5.74) is 2.43. The molecule has 0 bridgehead atoms. The normalized spacial score (nSPS) is 14.7. The molecule has 0 radical (unpaired) electrons. The highest BCUT2D eigenvalue weighted by atomic mass is 35.5. The third-order valence-corrected chi connectivity index (χ3v) is 5.74. The summed E-state index contributed by atoms with van der Waals surface area (Å²) in [5.74, 6) is 0.463. The predicted molar refractivity (Wildman–Crippen MR) is 117 cm³/mol. The first-order chi connectivity index (χ1) is 14.7. The molecule has 1 aliphatic heterocycles. The number of carbonyl (C=O) groups is 1. The van der Waals surface area contributed by atoms with E-state index in [2.05, 4.69) is 12.1 Å². The molecule has 0 N–H and O–H groups in total. The van der Waals surface area contributed by atoms with Crippen molar-refractivity contribution in [2.24, 2.45) is 0 Å². The second kappa shape index (κ2) is 9.37. The second-order valence-corrected chi connectivity index (χ2v) is 7.79. The van der Waals surface area contributed by atoms with Crippen LogP contribution in [0, 0.1) is 0 Å². The molecule has 0 saturated carbocycles. The number of amides is 1. The number of ether oxygens (including phenoxy) is 2. The van der Waals surface area contributed by atoms with Crippen molar-refractivity contribution in [2.45, 2.75) is 25.6 Å². The molecule has 3 aromatic rings. The van der Waals surface area contributed by atoms with Crippen LogP contribution in [0.1, 0.15) is 28.8 Å². The Hall–Kier alpha value is -2.76. The Kier molecular flexibility index (Phi) is 6.41. The Labute approximate surface area is 181 Å². The van der Waals surface area contributed by atoms with Crippen LogP contribution in [0.3, 0.4) is 0 Å². The summed E-state index contributed by atoms with van der Waals surface area (Å²) in [6.45, 7) is 1.90. The first kappa shape index (κ1) is 20.5. The Balaban J connectivity index is 1.41. The van der Waals surface area contributed by atoms with E-state index < -0.39 is 0 Å². The van der Waals surface area contributed by atoms with Crippen molar-refractivity contribution in [1.29, 1.82) is 0 Å². The molecule has 1 aromatic heterocycles. The fourth-order valence-corrected chi connectivity index (χ4v) is 4.02. The minimum Gasteiger partial charge on any atom is -0.496 e. The lowest BCUT2D eigenvalue weighted by Gasteiger charge is -2.32. The zero-order valence-corrected chi connectivity index (χ0v) is 17.7. The minimum absolute atomic E-state index is 0.0608. The summed E-state index contributed by atoms with van der Waals surface area (Å²) in [6.07, 6.45) is 5.60. The molecule has 0 unspecified atom stereocenters. The van der Waals surface area contributed by atoms with Gasteiger partial charge in [-0.1, -0.05) is 41.9 Å². The number of benzene rings is 2. The fraction of sp³-hybridized carbons (Fsp3) is 0.292. The van der Waals surface area contributed by atoms with Gasteiger partial charge in [-0.15, -0.1) is 0 Å². The molecule has 2 heterocycles. The molecule has 1 amide bonds. The van der Waals surface area contributed by atoms with E-state index in [1.54, 1.807) is 13.2 Å². The van der Waals surface area contributed by atoms with Crippen molar-refractivity contribution in [1.82, 2.24) is 9.47 Å². The Morgan fingerprint density at radius 2 is 1.77 bits per heavy atom. The number of hydrogen-bond donors (Lipinski definition) is 0. The van der Waals surface area contributed by atoms with Crippen molar-refractivity contribution in [3.8, 4) is 11.4 Å². The molecule has 0 aliphatic carbocycles. The number of aromatic nitrogens is 1. The van der Waals surface area contributed by atoms with Crippen LogP contribution >= 0.6 is 11.6 Å². The number of piperidine rings is 1. The summed E-state index contributed by atoms with van der Waals surface area (Å²) in [7, 11) is 1.57. The van der Waals surface area contributed by atoms with Crippen LogP contribution in [-0.2, 0) is 11.3 Å². The monoisotopic (exact) mass is 424 g/mol. The molecular formula is C24H25ClN2O3. The van der Waals surface area contributed by atoms with Crippen LogP contribution in [-0.4, -0.2) is 41.7 Å². The number of hydrogen-bond acceptors (Lipinski definition) is 3. The second-order valence-electron chi connectivity index (χ2n) is 7.38. The van der Waals surface area contributed by atoms with Gasteiger partial charge in [-0.05, 0) is 36.6 Å². The van der Waals surface area contributed by atoms with Crippen molar-refractivity contribution in [3.63, 3.8) is 0 Å². The number of halogens is 1. The summed E-state index contributed by atoms with van der Waals surface area (Å²) >= 11 is 6.49. The van der Waals surface area contributed by atoms with Gasteiger partial charge in [-0.2, -0.15) is 0 Å². The van der Waals surface area contributed by atoms with Crippen LogP contribution < -0.4 is 4.74 Å². The fourth-order valence-electron chi connectivity index (χ4n) is 3.76. The average Bonchev–Trinajstić information content (AvgIpc) is 3.33. The van der Waals surface area contributed by atoms with E-state index in [1.807, 2.05) is 58.3 Å². The van der Waals surface area contributed by atoms with Gasteiger partial charge >= 0.3 is 0 Å². The van der Waals surface area contributed by atoms with Gasteiger partial charge in [-0.25, -0.2) is 0 Å². The highest BCUT2D eigenvalue weighted by molar-refractivity contribution is 6.33. The van der Waals surface area contributed by atoms with E-state index in [0.717, 1.165) is 24.1 Å². The van der Waals surface area contributed by atoms with Crippen LogP contribution in [0.15, 0.2) is 67.0 Å². The lowest BCUT2D eigenvalue weighted by atomic mass is 10.1. The van der Waals surface area contributed by atoms with E-state index in [4.69, 9.17) is 21.1 Å². The van der Waals surface area contributed by atoms with Crippen molar-refractivity contribution >= 4 is 17.5 Å². The minimum atomic E-state index is -0.0608. The van der Waals surface area contributed by atoms with Gasteiger partial charge < -0.3 is 18.9 Å². The van der Waals surface area contributed by atoms with E-state index in [9.17, 15) is 4.79 Å². The summed E-state index contributed by atoms with van der Waals surface area (Å²) in [4.78, 5) is 15.0. The molecule has 6 heteroatoms. The lowest BCUT2D eigenvalue weighted by Crippen LogP contribution is -2.41. The zero-order chi connectivity index (χ0) is 20.9. The van der Waals surface area contributed by atoms with E-state index >= 15 is 0 Å². The molecule has 1 aliphatic rings. The van der Waals surface area contributed by atoms with Gasteiger partial charge in [0.25, 0.3) is 5.91 Å². The summed E-state index contributed by atoms with van der Waals surface area (Å²) in [6, 6.07) is 17.5. The number of nitrogens with zero attached hydrogens (tertiary/aromatic N) is 2. The number of carbonyl (C=O) groups excluding carboxylic acids is 1. The summed E-state index contributed by atoms with van der Waals surface area (Å²) in [5, 5.41) is 0.511. The van der Waals surface area contributed by atoms with Crippen molar-refractivity contribution in [2.75, 3.05) is 20.2 Å². The van der Waals surface area contributed by atoms with Crippen LogP contribution in [0.2, 0.25) is 5.02 Å². The lowest BCUT2D eigenvalue weighted by molar-refractivity contribution is -0.000434. The van der Waals surface area contributed by atoms with Crippen LogP contribution in [0.4, 0.5) is 0 Å². The number of rotatable bonds is 6. The topological polar surface area (TPSA) is 43.7 Å². The van der Waals surface area contributed by atoms with Gasteiger partial charge in [-0.3, -0.25) is 4.79 Å². The van der Waals surface area contributed by atoms with Crippen molar-refractivity contribution < 1.29 is 14.3 Å². The van der Waals surface area contributed by atoms with Gasteiger partial charge in [0.15, 0.2) is 0 Å². The zero-order valence-electron chi connectivity index (χ0n) is 17.0. The highest BCUT2D eigenvalue weighted by Gasteiger charge is 2.27. The molecular weight excluding hydrogens is 400 g/mol. The average molecular weight is 425 g/mol. The Morgan fingerprint density at radius 1 is 1.07 bits per heavy atom. The van der Waals surface area contributed by atoms with E-state index in [0.29, 0.717) is 36.0 Å². The first-order valence-corrected chi connectivity index (χ1v) is 10.5. The molecule has 156 valence electrons. The van der Waals surface area contributed by atoms with E-state index in [1.165, 1.54) is 0 Å². The third kappa shape index (κ3) is 4.53. The maximum atomic E-state index is 13.2. The molecule has 1 saturated heterocycles. The van der Waals surface area contributed by atoms with E-state index in [-0.39, 0.29) is 12.0 Å². The summed E-state index contributed by atoms with van der Waals surface area (Å²) < 4.78 is 13.5. The largest absolute Gasteiger partial charge is 0.496 e. The number of methoxy groups -OCH3 is 1. The quantitative estimate of drug-likeness (QED) is 0.561. The standard InChI is InChI=1S/C24H25ClN2O3/c1-29-23-16-22(26-11-5-6-12-26)21(25)15-20(23)24(28)27-13-9-19(10-14-27)30-17-18-7-3-2-4-8-18/h2-8,11-12,15-16,19H,9-10,13-14,17H2,1H3. The highest BCUT2D eigenvalue weighted by Crippen LogP contribution is 2.31. The molecule has 0 atom stereocenters. The van der Waals surface area contributed by atoms with Gasteiger partial charge in [0.05, 0.1) is 36.1 Å².